The van der Waals surface area contributed by atoms with Crippen LogP contribution in [0.15, 0.2) is 0 Å². The van der Waals surface area contributed by atoms with Crippen molar-refractivity contribution in [2.45, 2.75) is 65.9 Å². The van der Waals surface area contributed by atoms with Crippen molar-refractivity contribution >= 4 is 0 Å². The van der Waals surface area contributed by atoms with Gasteiger partial charge in [-0.3, -0.25) is 0 Å². The number of aliphatic hydroxyl groups is 1. The molecule has 0 aromatic rings. The molecule has 1 saturated carbocycles. The van der Waals surface area contributed by atoms with Crippen LogP contribution in [0.4, 0.5) is 0 Å². The molecule has 1 N–H and O–H groups in total. The van der Waals surface area contributed by atoms with Crippen LogP contribution in [0.25, 0.3) is 0 Å². The van der Waals surface area contributed by atoms with E-state index < -0.39 is 5.60 Å². The average Bonchev–Trinajstić information content (AvgIpc) is 2.50. The molecule has 1 fully saturated rings. The molecule has 0 aromatic carbocycles. The molecule has 0 radical (unpaired) electrons. The van der Waals surface area contributed by atoms with E-state index in [1.54, 1.807) is 0 Å². The monoisotopic (exact) mass is 198 g/mol. The summed E-state index contributed by atoms with van der Waals surface area (Å²) in [5, 5.41) is 10.4. The first-order valence-electron chi connectivity index (χ1n) is 6.05. The summed E-state index contributed by atoms with van der Waals surface area (Å²) < 4.78 is 0. The third-order valence-corrected chi connectivity index (χ3v) is 4.71. The van der Waals surface area contributed by atoms with Crippen LogP contribution < -0.4 is 0 Å². The van der Waals surface area contributed by atoms with Crippen LogP contribution in [0, 0.1) is 17.3 Å². The van der Waals surface area contributed by atoms with Crippen molar-refractivity contribution in [3.05, 3.63) is 0 Å². The lowest BCUT2D eigenvalue weighted by Crippen LogP contribution is -2.41. The third-order valence-electron chi connectivity index (χ3n) is 4.71. The fourth-order valence-electron chi connectivity index (χ4n) is 2.77. The van der Waals surface area contributed by atoms with E-state index in [1.807, 2.05) is 6.92 Å². The van der Waals surface area contributed by atoms with Gasteiger partial charge in [0.1, 0.15) is 0 Å². The first-order valence-corrected chi connectivity index (χ1v) is 6.05. The zero-order valence-electron chi connectivity index (χ0n) is 10.4. The highest BCUT2D eigenvalue weighted by Gasteiger charge is 2.47. The van der Waals surface area contributed by atoms with Crippen LogP contribution >= 0.6 is 0 Å². The van der Waals surface area contributed by atoms with Crippen LogP contribution in [0.2, 0.25) is 0 Å². The predicted molar refractivity (Wildman–Crippen MR) is 61.2 cm³/mol. The molecule has 1 heteroatoms. The molecule has 0 heterocycles. The van der Waals surface area contributed by atoms with E-state index in [4.69, 9.17) is 0 Å². The van der Waals surface area contributed by atoms with E-state index in [9.17, 15) is 5.11 Å². The van der Waals surface area contributed by atoms with Crippen molar-refractivity contribution in [2.75, 3.05) is 0 Å². The highest BCUT2D eigenvalue weighted by atomic mass is 16.3. The van der Waals surface area contributed by atoms with Gasteiger partial charge in [-0.1, -0.05) is 27.7 Å². The summed E-state index contributed by atoms with van der Waals surface area (Å²) >= 11 is 0. The molecule has 0 saturated heterocycles. The Morgan fingerprint density at radius 1 is 1.50 bits per heavy atom. The highest BCUT2D eigenvalue weighted by molar-refractivity contribution is 4.98. The second kappa shape index (κ2) is 3.84. The minimum absolute atomic E-state index is 0.149. The predicted octanol–water partition coefficient (Wildman–Crippen LogP) is 3.61. The molecule has 0 aliphatic heterocycles. The van der Waals surface area contributed by atoms with Crippen molar-refractivity contribution in [3.8, 4) is 0 Å². The van der Waals surface area contributed by atoms with Crippen molar-refractivity contribution < 1.29 is 5.11 Å². The number of hydrogen-bond donors (Lipinski definition) is 1. The molecule has 1 nitrogen and oxygen atoms in total. The van der Waals surface area contributed by atoms with Gasteiger partial charge in [0.15, 0.2) is 0 Å². The number of hydrogen-bond acceptors (Lipinski definition) is 1. The SMILES string of the molecule is CCC(C)(O)[C@@]1(C)CC[C@@H](C(C)C)C1. The number of rotatable bonds is 3. The Morgan fingerprint density at radius 2 is 2.07 bits per heavy atom. The van der Waals surface area contributed by atoms with Crippen molar-refractivity contribution in [1.82, 2.24) is 0 Å². The van der Waals surface area contributed by atoms with Gasteiger partial charge in [0.05, 0.1) is 5.60 Å². The van der Waals surface area contributed by atoms with Gasteiger partial charge in [-0.2, -0.15) is 0 Å². The van der Waals surface area contributed by atoms with Gasteiger partial charge in [0.25, 0.3) is 0 Å². The largest absolute Gasteiger partial charge is 0.390 e. The van der Waals surface area contributed by atoms with Gasteiger partial charge in [-0.15, -0.1) is 0 Å². The van der Waals surface area contributed by atoms with E-state index >= 15 is 0 Å². The lowest BCUT2D eigenvalue weighted by molar-refractivity contribution is -0.0633. The fourth-order valence-corrected chi connectivity index (χ4v) is 2.77. The molecule has 0 bridgehead atoms. The van der Waals surface area contributed by atoms with Crippen LogP contribution in [0.5, 0.6) is 0 Å². The minimum atomic E-state index is -0.476. The summed E-state index contributed by atoms with van der Waals surface area (Å²) in [5.41, 5.74) is -0.326. The summed E-state index contributed by atoms with van der Waals surface area (Å²) in [6, 6.07) is 0. The maximum absolute atomic E-state index is 10.4. The standard InChI is InChI=1S/C13H26O/c1-6-13(5,14)12(4)8-7-11(9-12)10(2)3/h10-11,14H,6-9H2,1-5H3/t11-,12+,13?/m1/s1. The molecule has 0 spiro atoms. The normalized spacial score (nSPS) is 37.5. The van der Waals surface area contributed by atoms with Crippen molar-refractivity contribution in [3.63, 3.8) is 0 Å². The summed E-state index contributed by atoms with van der Waals surface area (Å²) in [5.74, 6) is 1.59. The second-order valence-corrected chi connectivity index (χ2v) is 5.93. The summed E-state index contributed by atoms with van der Waals surface area (Å²) in [7, 11) is 0. The molecule has 1 aliphatic rings. The molecule has 84 valence electrons. The van der Waals surface area contributed by atoms with Crippen LogP contribution in [0.1, 0.15) is 60.3 Å². The average molecular weight is 198 g/mol. The minimum Gasteiger partial charge on any atom is -0.390 e. The van der Waals surface area contributed by atoms with E-state index in [-0.39, 0.29) is 5.41 Å². The fraction of sp³-hybridized carbons (Fsp3) is 1.00. The smallest absolute Gasteiger partial charge is 0.0670 e. The molecule has 3 atom stereocenters. The van der Waals surface area contributed by atoms with Gasteiger partial charge < -0.3 is 5.11 Å². The zero-order valence-corrected chi connectivity index (χ0v) is 10.4. The second-order valence-electron chi connectivity index (χ2n) is 5.93. The maximum Gasteiger partial charge on any atom is 0.0670 e. The quantitative estimate of drug-likeness (QED) is 0.734. The first kappa shape index (κ1) is 12.0. The van der Waals surface area contributed by atoms with E-state index in [1.165, 1.54) is 19.3 Å². The van der Waals surface area contributed by atoms with Crippen LogP contribution in [-0.4, -0.2) is 10.7 Å². The Bertz CT molecular complexity index is 195. The van der Waals surface area contributed by atoms with Crippen LogP contribution in [0.3, 0.4) is 0 Å². The third kappa shape index (κ3) is 1.98. The molecule has 1 unspecified atom stereocenters. The van der Waals surface area contributed by atoms with Gasteiger partial charge in [0, 0.05) is 0 Å². The molecule has 0 amide bonds. The first-order chi connectivity index (χ1) is 6.32. The van der Waals surface area contributed by atoms with E-state index in [2.05, 4.69) is 27.7 Å². The Hall–Kier alpha value is -0.0400. The van der Waals surface area contributed by atoms with E-state index in [0.29, 0.717) is 0 Å². The Morgan fingerprint density at radius 3 is 2.43 bits per heavy atom. The lowest BCUT2D eigenvalue weighted by Gasteiger charge is -2.40. The van der Waals surface area contributed by atoms with Crippen molar-refractivity contribution in [1.29, 1.82) is 0 Å². The van der Waals surface area contributed by atoms with Gasteiger partial charge in [-0.05, 0) is 49.9 Å². The van der Waals surface area contributed by atoms with Gasteiger partial charge >= 0.3 is 0 Å². The zero-order chi connectivity index (χ0) is 11.0. The molecule has 1 rings (SSSR count). The summed E-state index contributed by atoms with van der Waals surface area (Å²) in [6.45, 7) is 11.0. The van der Waals surface area contributed by atoms with Gasteiger partial charge in [-0.25, -0.2) is 0 Å². The molecular weight excluding hydrogens is 172 g/mol. The van der Waals surface area contributed by atoms with Crippen molar-refractivity contribution in [2.24, 2.45) is 17.3 Å². The molecule has 0 aromatic heterocycles. The topological polar surface area (TPSA) is 20.2 Å². The summed E-state index contributed by atoms with van der Waals surface area (Å²) in [4.78, 5) is 0. The van der Waals surface area contributed by atoms with Crippen LogP contribution in [-0.2, 0) is 0 Å². The lowest BCUT2D eigenvalue weighted by atomic mass is 9.70. The van der Waals surface area contributed by atoms with Gasteiger partial charge in [0.2, 0.25) is 0 Å². The van der Waals surface area contributed by atoms with E-state index in [0.717, 1.165) is 18.3 Å². The Kier molecular flexibility index (Phi) is 3.30. The highest BCUT2D eigenvalue weighted by Crippen LogP contribution is 2.51. The molecule has 1 aliphatic carbocycles. The maximum atomic E-state index is 10.4. The Balaban J connectivity index is 2.71. The summed E-state index contributed by atoms with van der Waals surface area (Å²) in [6.07, 6.45) is 4.56. The molecule has 14 heavy (non-hydrogen) atoms. The Labute approximate surface area is 88.9 Å². The molecular formula is C13H26O.